The van der Waals surface area contributed by atoms with Gasteiger partial charge in [-0.1, -0.05) is 0 Å². The molecule has 0 aliphatic rings. The maximum atomic E-state index is 12.8. The molecule has 2 atom stereocenters. The largest absolute Gasteiger partial charge is 0.344 e. The highest BCUT2D eigenvalue weighted by Crippen LogP contribution is 2.56. The van der Waals surface area contributed by atoms with Gasteiger partial charge in [-0.3, -0.25) is 0 Å². The lowest BCUT2D eigenvalue weighted by Gasteiger charge is -2.29. The van der Waals surface area contributed by atoms with Crippen LogP contribution in [0, 0.1) is 0 Å². The maximum Gasteiger partial charge on any atom is 0.344 e. The van der Waals surface area contributed by atoms with E-state index in [1.54, 1.807) is 0 Å². The van der Waals surface area contributed by atoms with Crippen LogP contribution in [0.5, 0.6) is 0 Å². The quantitative estimate of drug-likeness (QED) is 0.283. The third-order valence-electron chi connectivity index (χ3n) is 0.712. The van der Waals surface area contributed by atoms with Crippen molar-refractivity contribution in [3.63, 3.8) is 0 Å². The first-order chi connectivity index (χ1) is 4.50. The van der Waals surface area contributed by atoms with Gasteiger partial charge in [-0.2, -0.15) is 8.78 Å². The Bertz CT molecular complexity index is 132. The Morgan fingerprint density at radius 2 is 1.18 bits per heavy atom. The molecule has 8 heteroatoms. The Morgan fingerprint density at radius 1 is 0.909 bits per heavy atom. The molecule has 0 aliphatic carbocycles. The molecule has 0 rings (SSSR count). The molecule has 11 heavy (non-hydrogen) atoms. The summed E-state index contributed by atoms with van der Waals surface area (Å²) in [5.74, 6) is 0. The van der Waals surface area contributed by atoms with Gasteiger partial charge in [0, 0.05) is 22.6 Å². The Morgan fingerprint density at radius 3 is 1.18 bits per heavy atom. The summed E-state index contributed by atoms with van der Waals surface area (Å²) in [6.45, 7) is 0. The van der Waals surface area contributed by atoms with Crippen molar-refractivity contribution in [1.29, 1.82) is 0 Å². The van der Waals surface area contributed by atoms with Crippen molar-refractivity contribution < 1.29 is 17.6 Å². The van der Waals surface area contributed by atoms with Crippen molar-refractivity contribution in [2.45, 2.75) is 11.1 Å². The number of rotatable bonds is 2. The summed E-state index contributed by atoms with van der Waals surface area (Å²) in [6, 6.07) is 0. The lowest BCUT2D eigenvalue weighted by molar-refractivity contribution is -0.00924. The monoisotopic (exact) mass is 524 g/mol. The van der Waals surface area contributed by atoms with E-state index >= 15 is 0 Å². The van der Waals surface area contributed by atoms with E-state index in [9.17, 15) is 17.6 Å². The number of hydrogen-bond donors (Lipinski definition) is 0. The van der Waals surface area contributed by atoms with Gasteiger partial charge >= 0.3 is 3.93 Å². The van der Waals surface area contributed by atoms with Crippen molar-refractivity contribution in [2.24, 2.45) is 0 Å². The Labute approximate surface area is 104 Å². The van der Waals surface area contributed by atoms with Gasteiger partial charge < -0.3 is 0 Å². The van der Waals surface area contributed by atoms with Gasteiger partial charge in [0.1, 0.15) is 0 Å². The van der Waals surface area contributed by atoms with E-state index in [1.165, 1.54) is 0 Å². The summed E-state index contributed by atoms with van der Waals surface area (Å²) in [6.07, 6.45) is 0. The van der Waals surface area contributed by atoms with Gasteiger partial charge in [0.25, 0.3) is 7.16 Å². The van der Waals surface area contributed by atoms with Gasteiger partial charge in [0.05, 0.1) is 0 Å². The maximum absolute atomic E-state index is 12.8. The average Bonchev–Trinajstić information content (AvgIpc) is 1.58. The molecule has 0 fully saturated rings. The minimum Gasteiger partial charge on any atom is -0.218 e. The molecule has 0 spiro atoms. The predicted octanol–water partition coefficient (Wildman–Crippen LogP) is 4.53. The van der Waals surface area contributed by atoms with Gasteiger partial charge in [-0.25, -0.2) is 8.78 Å². The van der Waals surface area contributed by atoms with E-state index in [0.29, 0.717) is 22.6 Å². The first kappa shape index (κ1) is 13.1. The smallest absolute Gasteiger partial charge is 0.218 e. The van der Waals surface area contributed by atoms with E-state index < -0.39 is 11.1 Å². The molecule has 0 aromatic heterocycles. The molecule has 0 nitrogen and oxygen atoms in total. The Kier molecular flexibility index (Phi) is 4.44. The summed E-state index contributed by atoms with van der Waals surface area (Å²) in [4.78, 5) is 0. The van der Waals surface area contributed by atoms with Crippen LogP contribution in [0.4, 0.5) is 17.6 Å². The highest BCUT2D eigenvalue weighted by molar-refractivity contribution is 14.1. The fourth-order valence-corrected chi connectivity index (χ4v) is 2.01. The molecule has 0 aromatic carbocycles. The molecule has 0 saturated carbocycles. The van der Waals surface area contributed by atoms with Crippen LogP contribution < -0.4 is 0 Å². The molecule has 0 N–H and O–H groups in total. The summed E-state index contributed by atoms with van der Waals surface area (Å²) in [5, 5.41) is 0. The van der Waals surface area contributed by atoms with Gasteiger partial charge in [-0.15, -0.1) is 0 Å². The standard InChI is InChI=1S/C3Br2F4I2/c4-1(6,2(5,7)10)3(8,9)11. The second-order valence-corrected chi connectivity index (χ2v) is 8.08. The van der Waals surface area contributed by atoms with Crippen LogP contribution in [0.1, 0.15) is 0 Å². The van der Waals surface area contributed by atoms with Crippen molar-refractivity contribution >= 4 is 77.0 Å². The molecule has 0 radical (unpaired) electrons. The van der Waals surface area contributed by atoms with Gasteiger partial charge in [0.2, 0.25) is 0 Å². The summed E-state index contributed by atoms with van der Waals surface area (Å²) in [5.41, 5.74) is 0. The molecule has 68 valence electrons. The van der Waals surface area contributed by atoms with Crippen LogP contribution in [0.3, 0.4) is 0 Å². The van der Waals surface area contributed by atoms with E-state index in [0.717, 1.165) is 22.6 Å². The van der Waals surface area contributed by atoms with Crippen LogP contribution in [-0.4, -0.2) is 11.1 Å². The van der Waals surface area contributed by atoms with Crippen molar-refractivity contribution in [1.82, 2.24) is 0 Å². The highest BCUT2D eigenvalue weighted by Gasteiger charge is 2.64. The number of alkyl halides is 8. The normalized spacial score (nSPS) is 24.0. The summed E-state index contributed by atoms with van der Waals surface area (Å²) in [7, 11) is 0. The summed E-state index contributed by atoms with van der Waals surface area (Å²) >= 11 is 5.52. The van der Waals surface area contributed by atoms with Crippen molar-refractivity contribution in [3.05, 3.63) is 0 Å². The second-order valence-electron chi connectivity index (χ2n) is 1.57. The molecule has 0 aliphatic heterocycles. The van der Waals surface area contributed by atoms with Crippen LogP contribution in [0.2, 0.25) is 0 Å². The van der Waals surface area contributed by atoms with Crippen molar-refractivity contribution in [2.75, 3.05) is 0 Å². The fraction of sp³-hybridized carbons (Fsp3) is 1.00. The lowest BCUT2D eigenvalue weighted by Crippen LogP contribution is -2.44. The lowest BCUT2D eigenvalue weighted by atomic mass is 10.4. The number of hydrogen-bond acceptors (Lipinski definition) is 0. The Hall–Kier alpha value is 2.14. The van der Waals surface area contributed by atoms with E-state index in [1.807, 2.05) is 15.9 Å². The summed E-state index contributed by atoms with van der Waals surface area (Å²) < 4.78 is 40.0. The SMILES string of the molecule is FC(F)(I)C(F)(Br)C(F)(Br)I. The minimum absolute atomic E-state index is 0.515. The van der Waals surface area contributed by atoms with E-state index in [2.05, 4.69) is 15.9 Å². The van der Waals surface area contributed by atoms with Crippen LogP contribution in [0.15, 0.2) is 0 Å². The topological polar surface area (TPSA) is 0 Å². The van der Waals surface area contributed by atoms with Crippen molar-refractivity contribution in [3.8, 4) is 0 Å². The highest BCUT2D eigenvalue weighted by atomic mass is 127. The zero-order valence-electron chi connectivity index (χ0n) is 4.52. The zero-order chi connectivity index (χ0) is 9.50. The van der Waals surface area contributed by atoms with Gasteiger partial charge in [-0.05, 0) is 54.5 Å². The first-order valence-electron chi connectivity index (χ1n) is 2.01. The fourth-order valence-electron chi connectivity index (χ4n) is 0.161. The van der Waals surface area contributed by atoms with Crippen LogP contribution in [-0.2, 0) is 0 Å². The Balaban J connectivity index is 4.75. The van der Waals surface area contributed by atoms with Crippen LogP contribution in [0.25, 0.3) is 0 Å². The predicted molar refractivity (Wildman–Crippen MR) is 58.5 cm³/mol. The number of halogens is 8. The third-order valence-corrected chi connectivity index (χ3v) is 5.80. The molecule has 0 heterocycles. The van der Waals surface area contributed by atoms with Crippen LogP contribution >= 0.6 is 77.0 Å². The zero-order valence-corrected chi connectivity index (χ0v) is 12.0. The molecule has 0 aromatic rings. The molecule has 2 unspecified atom stereocenters. The molecular weight excluding hydrogens is 526 g/mol. The minimum atomic E-state index is -3.83. The molecule has 0 saturated heterocycles. The second kappa shape index (κ2) is 3.71. The first-order valence-corrected chi connectivity index (χ1v) is 5.76. The van der Waals surface area contributed by atoms with E-state index in [-0.39, 0.29) is 0 Å². The van der Waals surface area contributed by atoms with Gasteiger partial charge in [0.15, 0.2) is 0 Å². The molecular formula is C3Br2F4I2. The van der Waals surface area contributed by atoms with E-state index in [4.69, 9.17) is 0 Å². The molecule has 0 bridgehead atoms. The third kappa shape index (κ3) is 3.08. The molecule has 0 amide bonds. The average molecular weight is 526 g/mol.